The van der Waals surface area contributed by atoms with Gasteiger partial charge < -0.3 is 42.0 Å². The number of nitrogens with zero attached hydrogens (tertiary/aromatic N) is 5. The number of amides is 4. The molecule has 113 heavy (non-hydrogen) atoms. The van der Waals surface area contributed by atoms with Crippen molar-refractivity contribution in [3.05, 3.63) is 237 Å². The van der Waals surface area contributed by atoms with Crippen LogP contribution in [0.15, 0.2) is 182 Å². The Kier molecular flexibility index (Phi) is 41.9. The van der Waals surface area contributed by atoms with Crippen LogP contribution in [-0.2, 0) is 105 Å². The molecule has 1 aromatic heterocycles. The monoisotopic (exact) mass is 1570 g/mol. The third-order valence-corrected chi connectivity index (χ3v) is 18.1. The highest BCUT2D eigenvalue weighted by Crippen LogP contribution is 2.27. The normalized spacial score (nSPS) is 10.5. The molecule has 25 heteroatoms. The Morgan fingerprint density at radius 2 is 0.752 bits per heavy atom. The number of nitrogens with two attached hydrogens (primary N) is 4. The minimum atomic E-state index is -0.259. The first-order valence-corrected chi connectivity index (χ1v) is 38.3. The molecule has 7 aromatic carbocycles. The SMILES string of the molecule is CCN(Cc1ccccn1)C(=O)CCC(=O)CCc1ccc(N)cc1.CCN(OCc1cc(C(C)=O)ccc1OC)C(=O)CCC(=O)CCc1ccc(N)cc1.CCN(OCc1cc(OC)ccc1OC)C(=O)CCC(=O)CCc1ccc(N)cc1.CCN(OCc1cccc(Cl)c1)C(=O)CCC(=O)CCc1ccc(N)cc1. The third kappa shape index (κ3) is 35.7. The topological polar surface area (TPSA) is 339 Å². The summed E-state index contributed by atoms with van der Waals surface area (Å²) in [6, 6.07) is 53.3. The maximum absolute atomic E-state index is 12.5. The average molecular weight is 1570 g/mol. The second-order valence-electron chi connectivity index (χ2n) is 26.3. The highest BCUT2D eigenvalue weighted by Gasteiger charge is 2.21. The van der Waals surface area contributed by atoms with Crippen molar-refractivity contribution in [1.29, 1.82) is 0 Å². The largest absolute Gasteiger partial charge is 0.497 e. The van der Waals surface area contributed by atoms with E-state index in [1.54, 1.807) is 92.9 Å². The van der Waals surface area contributed by atoms with Gasteiger partial charge in [0.2, 0.25) is 23.6 Å². The van der Waals surface area contributed by atoms with Crippen LogP contribution in [0.1, 0.15) is 167 Å². The molecule has 1 heterocycles. The lowest BCUT2D eigenvalue weighted by molar-refractivity contribution is -0.190. The summed E-state index contributed by atoms with van der Waals surface area (Å²) in [5, 5.41) is 4.45. The van der Waals surface area contributed by atoms with Crippen molar-refractivity contribution in [1.82, 2.24) is 25.1 Å². The van der Waals surface area contributed by atoms with Crippen LogP contribution in [0, 0.1) is 0 Å². The van der Waals surface area contributed by atoms with Crippen molar-refractivity contribution in [3.8, 4) is 17.2 Å². The van der Waals surface area contributed by atoms with Gasteiger partial charge in [0.15, 0.2) is 5.78 Å². The molecule has 0 saturated heterocycles. The van der Waals surface area contributed by atoms with Gasteiger partial charge in [-0.3, -0.25) is 62.6 Å². The predicted octanol–water partition coefficient (Wildman–Crippen LogP) is 14.5. The lowest BCUT2D eigenvalue weighted by atomic mass is 10.0. The zero-order chi connectivity index (χ0) is 82.5. The van der Waals surface area contributed by atoms with Crippen LogP contribution in [0.5, 0.6) is 17.2 Å². The fourth-order valence-corrected chi connectivity index (χ4v) is 11.4. The van der Waals surface area contributed by atoms with Gasteiger partial charge >= 0.3 is 0 Å². The van der Waals surface area contributed by atoms with Crippen LogP contribution in [0.25, 0.3) is 0 Å². The summed E-state index contributed by atoms with van der Waals surface area (Å²) in [6.45, 7) is 11.6. The number of aromatic nitrogens is 1. The molecule has 0 radical (unpaired) electrons. The van der Waals surface area contributed by atoms with Crippen LogP contribution < -0.4 is 37.1 Å². The third-order valence-electron chi connectivity index (χ3n) is 17.9. The molecule has 8 N–H and O–H groups in total. The van der Waals surface area contributed by atoms with Crippen molar-refractivity contribution >= 4 is 86.9 Å². The summed E-state index contributed by atoms with van der Waals surface area (Å²) in [5.74, 6) is 1.40. The minimum Gasteiger partial charge on any atom is -0.497 e. The van der Waals surface area contributed by atoms with Crippen molar-refractivity contribution in [2.24, 2.45) is 0 Å². The zero-order valence-corrected chi connectivity index (χ0v) is 67.1. The number of ketones is 5. The van der Waals surface area contributed by atoms with E-state index in [0.29, 0.717) is 140 Å². The van der Waals surface area contributed by atoms with E-state index >= 15 is 0 Å². The number of halogens is 1. The second-order valence-corrected chi connectivity index (χ2v) is 26.8. The fraction of sp³-hybridized carbons (Fsp3) is 0.364. The maximum Gasteiger partial charge on any atom is 0.246 e. The van der Waals surface area contributed by atoms with Gasteiger partial charge in [0.1, 0.15) is 60.2 Å². The van der Waals surface area contributed by atoms with Gasteiger partial charge in [-0.25, -0.2) is 15.2 Å². The van der Waals surface area contributed by atoms with Crippen molar-refractivity contribution in [2.45, 2.75) is 164 Å². The van der Waals surface area contributed by atoms with E-state index in [4.69, 9.17) is 63.3 Å². The number of pyridine rings is 1. The Hall–Kier alpha value is -11.3. The number of hydrogen-bond donors (Lipinski definition) is 4. The van der Waals surface area contributed by atoms with Gasteiger partial charge in [0.05, 0.1) is 33.6 Å². The lowest BCUT2D eigenvalue weighted by Crippen LogP contribution is -2.31. The van der Waals surface area contributed by atoms with E-state index < -0.39 is 0 Å². The summed E-state index contributed by atoms with van der Waals surface area (Å²) in [5.41, 5.74) is 33.4. The molecule has 604 valence electrons. The number of hydroxylamine groups is 6. The molecule has 8 rings (SSSR count). The number of Topliss-reactive ketones (excluding diaryl/α,β-unsaturated/α-hetero) is 5. The fourth-order valence-electron chi connectivity index (χ4n) is 11.2. The summed E-state index contributed by atoms with van der Waals surface area (Å²) in [6.07, 6.45) is 7.37. The van der Waals surface area contributed by atoms with E-state index in [1.165, 1.54) is 29.2 Å². The van der Waals surface area contributed by atoms with E-state index in [0.717, 1.165) is 39.1 Å². The number of aryl methyl sites for hydroxylation is 4. The molecule has 0 atom stereocenters. The summed E-state index contributed by atoms with van der Waals surface area (Å²) in [7, 11) is 4.69. The number of ether oxygens (including phenoxy) is 3. The Bertz CT molecular complexity index is 4280. The summed E-state index contributed by atoms with van der Waals surface area (Å²) in [4.78, 5) is 133. The molecule has 0 spiro atoms. The van der Waals surface area contributed by atoms with Crippen molar-refractivity contribution in [2.75, 3.05) is 70.4 Å². The highest BCUT2D eigenvalue weighted by atomic mass is 35.5. The molecule has 0 aliphatic heterocycles. The lowest BCUT2D eigenvalue weighted by Gasteiger charge is -2.21. The van der Waals surface area contributed by atoms with Crippen LogP contribution in [0.4, 0.5) is 22.7 Å². The quantitative estimate of drug-likeness (QED) is 0.0157. The molecule has 8 aromatic rings. The first-order valence-electron chi connectivity index (χ1n) is 37.9. The van der Waals surface area contributed by atoms with Crippen molar-refractivity contribution in [3.63, 3.8) is 0 Å². The minimum absolute atomic E-state index is 0.00557. The molecule has 0 aliphatic carbocycles. The van der Waals surface area contributed by atoms with E-state index in [1.807, 2.05) is 136 Å². The standard InChI is InChI=1S/C24H30N2O5.C23H30N2O5.C21H25ClN2O3.C20H25N3O2/c1-4-26(31-16-20-15-19(17(2)27)8-13-23(20)30-3)24(29)14-12-22(28)11-7-18-5-9-21(25)10-6-18;1-4-25(30-16-18-15-21(28-2)12-13-22(18)29-3)23(27)14-11-20(26)10-7-17-5-8-19(24)9-6-17;1-2-24(27-15-17-4-3-5-18(22)14-17)21(26)13-12-20(25)11-8-16-6-9-19(23)10-7-16;1-2-23(15-18-5-3-4-14-22-18)20(25)13-12-19(24)11-8-16-6-9-17(21)10-7-16/h5-6,8-10,13,15H,4,7,11-12,14,16,25H2,1-3H3;5-6,8-9,12-13,15H,4,7,10-11,14,16,24H2,1-3H3;3-7,9-10,14H,2,8,11-13,15,23H2,1H3;3-7,9-10,14H,2,8,11-13,15,21H2,1H3. The number of nitrogen functional groups attached to an aromatic ring is 4. The zero-order valence-electron chi connectivity index (χ0n) is 66.3. The number of carbonyl (C=O) groups is 9. The molecule has 4 amide bonds. The van der Waals surface area contributed by atoms with Gasteiger partial charge in [0.25, 0.3) is 0 Å². The Morgan fingerprint density at radius 3 is 1.10 bits per heavy atom. The average Bonchev–Trinajstić information content (AvgIpc) is 0.853. The van der Waals surface area contributed by atoms with Crippen LogP contribution in [0.3, 0.4) is 0 Å². The molecule has 0 aliphatic rings. The number of rotatable bonds is 43. The van der Waals surface area contributed by atoms with E-state index in [2.05, 4.69) is 4.98 Å². The maximum atomic E-state index is 12.5. The van der Waals surface area contributed by atoms with Crippen LogP contribution >= 0.6 is 11.6 Å². The second kappa shape index (κ2) is 51.3. The number of hydrogen-bond acceptors (Lipinski definition) is 20. The van der Waals surface area contributed by atoms with E-state index in [-0.39, 0.29) is 124 Å². The number of benzene rings is 7. The first-order chi connectivity index (χ1) is 54.3. The predicted molar refractivity (Wildman–Crippen MR) is 440 cm³/mol. The molecule has 24 nitrogen and oxygen atoms in total. The number of methoxy groups -OCH3 is 3. The summed E-state index contributed by atoms with van der Waals surface area (Å²) >= 11 is 5.94. The van der Waals surface area contributed by atoms with Crippen LogP contribution in [-0.4, -0.2) is 125 Å². The Labute approximate surface area is 669 Å². The van der Waals surface area contributed by atoms with Gasteiger partial charge in [-0.05, 0) is 197 Å². The number of anilines is 4. The molecule has 0 saturated carbocycles. The smallest absolute Gasteiger partial charge is 0.246 e. The first kappa shape index (κ1) is 92.3. The Balaban J connectivity index is 0.000000270. The highest BCUT2D eigenvalue weighted by molar-refractivity contribution is 6.30. The van der Waals surface area contributed by atoms with Gasteiger partial charge in [-0.2, -0.15) is 0 Å². The molecular formula is C88H110ClN9O15. The number of carbonyl (C=O) groups excluding carboxylic acids is 9. The van der Waals surface area contributed by atoms with Gasteiger partial charge in [0, 0.05) is 154 Å². The van der Waals surface area contributed by atoms with Gasteiger partial charge in [-0.15, -0.1) is 0 Å². The Morgan fingerprint density at radius 1 is 0.372 bits per heavy atom. The molecule has 0 fully saturated rings. The molecular weight excluding hydrogens is 1460 g/mol. The molecule has 0 bridgehead atoms. The molecule has 0 unspecified atom stereocenters. The van der Waals surface area contributed by atoms with E-state index in [9.17, 15) is 43.2 Å². The van der Waals surface area contributed by atoms with Gasteiger partial charge in [-0.1, -0.05) is 78.3 Å². The summed E-state index contributed by atoms with van der Waals surface area (Å²) < 4.78 is 15.9. The van der Waals surface area contributed by atoms with Crippen molar-refractivity contribution < 1.29 is 71.9 Å². The van der Waals surface area contributed by atoms with Crippen LogP contribution in [0.2, 0.25) is 5.02 Å².